The molecule has 0 aromatic heterocycles. The van der Waals surface area contributed by atoms with Crippen LogP contribution in [0, 0.1) is 6.92 Å². The van der Waals surface area contributed by atoms with E-state index in [2.05, 4.69) is 26.8 Å². The van der Waals surface area contributed by atoms with Crippen molar-refractivity contribution in [2.75, 3.05) is 0 Å². The zero-order valence-electron chi connectivity index (χ0n) is 8.03. The molecule has 0 aliphatic rings. The molecule has 0 saturated carbocycles. The lowest BCUT2D eigenvalue weighted by Crippen LogP contribution is -1.76. The Morgan fingerprint density at radius 3 is 2.36 bits per heavy atom. The Hall–Kier alpha value is -0.260. The predicted octanol–water partition coefficient (Wildman–Crippen LogP) is 4.13. The van der Waals surface area contributed by atoms with Crippen LogP contribution in [0.5, 0.6) is 0 Å². The van der Waals surface area contributed by atoms with Gasteiger partial charge in [-0.05, 0) is 26.7 Å². The normalized spacial score (nSPS) is 12.1. The third kappa shape index (κ3) is 9.74. The van der Waals surface area contributed by atoms with Gasteiger partial charge in [-0.2, -0.15) is 0 Å². The van der Waals surface area contributed by atoms with E-state index in [1.807, 2.05) is 0 Å². The first-order valence-electron chi connectivity index (χ1n) is 4.76. The third-order valence-electron chi connectivity index (χ3n) is 1.80. The van der Waals surface area contributed by atoms with Gasteiger partial charge in [0.2, 0.25) is 0 Å². The fraction of sp³-hybridized carbons (Fsp3) is 0.727. The van der Waals surface area contributed by atoms with Gasteiger partial charge in [0.05, 0.1) is 0 Å². The van der Waals surface area contributed by atoms with Crippen LogP contribution < -0.4 is 0 Å². The lowest BCUT2D eigenvalue weighted by atomic mass is 10.1. The van der Waals surface area contributed by atoms with E-state index >= 15 is 0 Å². The fourth-order valence-electron chi connectivity index (χ4n) is 1.10. The molecule has 0 spiro atoms. The highest BCUT2D eigenvalue weighted by atomic mass is 13.9. The summed E-state index contributed by atoms with van der Waals surface area (Å²) in [5, 5.41) is 0. The Bertz CT molecular complexity index is 96.6. The van der Waals surface area contributed by atoms with Crippen LogP contribution in [-0.2, 0) is 0 Å². The summed E-state index contributed by atoms with van der Waals surface area (Å²) in [6.45, 7) is 8.15. The topological polar surface area (TPSA) is 0 Å². The molecule has 0 saturated heterocycles. The second-order valence-corrected chi connectivity index (χ2v) is 3.25. The summed E-state index contributed by atoms with van der Waals surface area (Å²) in [4.78, 5) is 0. The van der Waals surface area contributed by atoms with Crippen molar-refractivity contribution >= 4 is 0 Å². The Morgan fingerprint density at radius 2 is 1.82 bits per heavy atom. The van der Waals surface area contributed by atoms with Crippen molar-refractivity contribution in [3.63, 3.8) is 0 Å². The van der Waals surface area contributed by atoms with Crippen molar-refractivity contribution in [3.05, 3.63) is 18.6 Å². The van der Waals surface area contributed by atoms with Crippen molar-refractivity contribution in [2.45, 2.75) is 52.4 Å². The van der Waals surface area contributed by atoms with Gasteiger partial charge in [-0.25, -0.2) is 0 Å². The van der Waals surface area contributed by atoms with Gasteiger partial charge < -0.3 is 0 Å². The van der Waals surface area contributed by atoms with Crippen molar-refractivity contribution in [1.29, 1.82) is 0 Å². The van der Waals surface area contributed by atoms with E-state index in [-0.39, 0.29) is 0 Å². The highest BCUT2D eigenvalue weighted by molar-refractivity contribution is 5.00. The van der Waals surface area contributed by atoms with E-state index < -0.39 is 0 Å². The van der Waals surface area contributed by atoms with E-state index in [0.717, 1.165) is 0 Å². The smallest absolute Gasteiger partial charge is 0.0286 e. The number of hydrogen-bond acceptors (Lipinski definition) is 0. The van der Waals surface area contributed by atoms with Gasteiger partial charge >= 0.3 is 0 Å². The van der Waals surface area contributed by atoms with E-state index in [0.29, 0.717) is 0 Å². The molecule has 0 aliphatic heterocycles. The summed E-state index contributed by atoms with van der Waals surface area (Å²) >= 11 is 0. The average molecular weight is 153 g/mol. The molecule has 11 heavy (non-hydrogen) atoms. The lowest BCUT2D eigenvalue weighted by Gasteiger charge is -1.96. The maximum Gasteiger partial charge on any atom is -0.0286 e. The van der Waals surface area contributed by atoms with Gasteiger partial charge in [-0.3, -0.25) is 0 Å². The quantitative estimate of drug-likeness (QED) is 0.503. The second-order valence-electron chi connectivity index (χ2n) is 3.25. The van der Waals surface area contributed by atoms with Crippen LogP contribution >= 0.6 is 0 Å². The number of hydrogen-bond donors (Lipinski definition) is 0. The van der Waals surface area contributed by atoms with E-state index in [1.54, 1.807) is 0 Å². The van der Waals surface area contributed by atoms with Crippen molar-refractivity contribution in [3.8, 4) is 0 Å². The molecule has 0 heteroatoms. The summed E-state index contributed by atoms with van der Waals surface area (Å²) in [5.74, 6) is 0. The van der Waals surface area contributed by atoms with Crippen LogP contribution in [0.15, 0.2) is 11.6 Å². The van der Waals surface area contributed by atoms with E-state index in [1.165, 1.54) is 44.1 Å². The average Bonchev–Trinajstić information content (AvgIpc) is 1.96. The molecule has 0 N–H and O–H groups in total. The third-order valence-corrected chi connectivity index (χ3v) is 1.80. The Labute approximate surface area is 71.7 Å². The summed E-state index contributed by atoms with van der Waals surface area (Å²) < 4.78 is 0. The SMILES string of the molecule is [CH2]/C(C)=C/CCCCCCC. The summed E-state index contributed by atoms with van der Waals surface area (Å²) in [6, 6.07) is 0. The van der Waals surface area contributed by atoms with Crippen molar-refractivity contribution < 1.29 is 0 Å². The minimum atomic E-state index is 1.21. The summed E-state index contributed by atoms with van der Waals surface area (Å²) in [6.07, 6.45) is 10.3. The minimum absolute atomic E-state index is 1.21. The van der Waals surface area contributed by atoms with Crippen LogP contribution in [0.1, 0.15) is 52.4 Å². The van der Waals surface area contributed by atoms with E-state index in [9.17, 15) is 0 Å². The van der Waals surface area contributed by atoms with Gasteiger partial charge in [0, 0.05) is 0 Å². The molecule has 1 radical (unpaired) electrons. The molecule has 0 fully saturated rings. The highest BCUT2D eigenvalue weighted by Gasteiger charge is 1.86. The van der Waals surface area contributed by atoms with Crippen molar-refractivity contribution in [1.82, 2.24) is 0 Å². The molecule has 0 rings (SSSR count). The first kappa shape index (κ1) is 10.7. The Morgan fingerprint density at radius 1 is 1.18 bits per heavy atom. The van der Waals surface area contributed by atoms with Gasteiger partial charge in [-0.1, -0.05) is 44.3 Å². The van der Waals surface area contributed by atoms with E-state index in [4.69, 9.17) is 0 Å². The first-order chi connectivity index (χ1) is 5.27. The summed E-state index contributed by atoms with van der Waals surface area (Å²) in [7, 11) is 0. The molecule has 0 aliphatic carbocycles. The molecular formula is C11H21. The second kappa shape index (κ2) is 7.84. The number of rotatable bonds is 6. The highest BCUT2D eigenvalue weighted by Crippen LogP contribution is 2.06. The molecule has 0 nitrogen and oxygen atoms in total. The van der Waals surface area contributed by atoms with Crippen molar-refractivity contribution in [2.24, 2.45) is 0 Å². The first-order valence-corrected chi connectivity index (χ1v) is 4.76. The van der Waals surface area contributed by atoms with Crippen LogP contribution in [0.4, 0.5) is 0 Å². The maximum atomic E-state index is 3.83. The van der Waals surface area contributed by atoms with Crippen LogP contribution in [0.2, 0.25) is 0 Å². The Balaban J connectivity index is 2.97. The molecule has 0 atom stereocenters. The van der Waals surface area contributed by atoms with Crippen LogP contribution in [0.25, 0.3) is 0 Å². The number of allylic oxidation sites excluding steroid dienone is 2. The van der Waals surface area contributed by atoms with Gasteiger partial charge in [0.25, 0.3) is 0 Å². The standard InChI is InChI=1S/C11H21/c1-4-5-6-7-8-9-10-11(2)3/h10H,2,4-9H2,1,3H3/b11-10-. The summed E-state index contributed by atoms with van der Waals surface area (Å²) in [5.41, 5.74) is 1.21. The molecule has 0 bridgehead atoms. The zero-order valence-corrected chi connectivity index (χ0v) is 8.03. The lowest BCUT2D eigenvalue weighted by molar-refractivity contribution is 0.637. The monoisotopic (exact) mass is 153 g/mol. The molecule has 0 aromatic rings. The number of unbranched alkanes of at least 4 members (excludes halogenated alkanes) is 5. The van der Waals surface area contributed by atoms with Gasteiger partial charge in [0.1, 0.15) is 0 Å². The minimum Gasteiger partial charge on any atom is -0.0856 e. The largest absolute Gasteiger partial charge is 0.0856 e. The molecule has 0 aromatic carbocycles. The van der Waals surface area contributed by atoms with Gasteiger partial charge in [0.15, 0.2) is 0 Å². The molecule has 0 heterocycles. The van der Waals surface area contributed by atoms with Crippen LogP contribution in [0.3, 0.4) is 0 Å². The molecule has 0 unspecified atom stereocenters. The molecule has 0 amide bonds. The predicted molar refractivity (Wildman–Crippen MR) is 52.5 cm³/mol. The fourth-order valence-corrected chi connectivity index (χ4v) is 1.10. The Kier molecular flexibility index (Phi) is 7.66. The molecule has 65 valence electrons. The molecular weight excluding hydrogens is 132 g/mol. The van der Waals surface area contributed by atoms with Gasteiger partial charge in [-0.15, -0.1) is 0 Å². The zero-order chi connectivity index (χ0) is 8.53. The van der Waals surface area contributed by atoms with Crippen LogP contribution in [-0.4, -0.2) is 0 Å². The maximum absolute atomic E-state index is 3.83.